The molecule has 0 atom stereocenters. The molecular formula is C23H16F3NO5. The van der Waals surface area contributed by atoms with Crippen LogP contribution >= 0.6 is 0 Å². The van der Waals surface area contributed by atoms with Crippen LogP contribution in [0.5, 0.6) is 5.75 Å². The number of hydrogen-bond acceptors (Lipinski definition) is 4. The van der Waals surface area contributed by atoms with Gasteiger partial charge in [0.15, 0.2) is 6.61 Å². The molecule has 0 radical (unpaired) electrons. The minimum absolute atomic E-state index is 0.0134. The second kappa shape index (κ2) is 7.67. The minimum Gasteiger partial charge on any atom is -0.483 e. The number of benzene rings is 3. The van der Waals surface area contributed by atoms with E-state index in [9.17, 15) is 27.6 Å². The summed E-state index contributed by atoms with van der Waals surface area (Å²) in [5.41, 5.74) is 0.869. The van der Waals surface area contributed by atoms with Crippen molar-refractivity contribution >= 4 is 34.2 Å². The van der Waals surface area contributed by atoms with Gasteiger partial charge in [0.1, 0.15) is 5.75 Å². The molecule has 9 heteroatoms. The van der Waals surface area contributed by atoms with Gasteiger partial charge in [0.2, 0.25) is 0 Å². The third kappa shape index (κ3) is 3.66. The van der Waals surface area contributed by atoms with Crippen molar-refractivity contribution in [1.82, 2.24) is 0 Å². The molecule has 1 heterocycles. The summed E-state index contributed by atoms with van der Waals surface area (Å²) >= 11 is 0. The van der Waals surface area contributed by atoms with Crippen LogP contribution in [0.2, 0.25) is 0 Å². The standard InChI is InChI=1S/C23H16F3NO5/c1-12-15-4-2-3-5-16(15)20(32-11-23(24,25)26)19-18(12)21(30)27(22(19)31)14-8-6-13(7-9-14)10-17(28)29/h2-9H,10-11H2,1H3,(H,28,29). The number of aryl methyl sites for hydroxylation is 1. The van der Waals surface area contributed by atoms with E-state index < -0.39 is 30.6 Å². The molecule has 0 aliphatic carbocycles. The number of anilines is 1. The SMILES string of the molecule is Cc1c2c(c(OCC(F)(F)F)c3ccccc13)C(=O)N(c1ccc(CC(=O)O)cc1)C2=O. The first kappa shape index (κ1) is 21.4. The molecule has 1 aliphatic heterocycles. The number of carbonyl (C=O) groups is 3. The molecule has 0 bridgehead atoms. The van der Waals surface area contributed by atoms with Crippen molar-refractivity contribution in [3.05, 3.63) is 70.8 Å². The molecule has 4 rings (SSSR count). The number of fused-ring (bicyclic) bond motifs is 2. The number of amides is 2. The summed E-state index contributed by atoms with van der Waals surface area (Å²) in [6.45, 7) is 0.0111. The smallest absolute Gasteiger partial charge is 0.422 e. The highest BCUT2D eigenvalue weighted by atomic mass is 19.4. The lowest BCUT2D eigenvalue weighted by Gasteiger charge is -2.16. The maximum Gasteiger partial charge on any atom is 0.422 e. The van der Waals surface area contributed by atoms with Crippen LogP contribution in [0.4, 0.5) is 18.9 Å². The molecule has 3 aromatic carbocycles. The van der Waals surface area contributed by atoms with Gasteiger partial charge < -0.3 is 9.84 Å². The fourth-order valence-corrected chi connectivity index (χ4v) is 3.84. The summed E-state index contributed by atoms with van der Waals surface area (Å²) in [6.07, 6.45) is -4.87. The second-order valence-electron chi connectivity index (χ2n) is 7.34. The van der Waals surface area contributed by atoms with Crippen LogP contribution in [0.1, 0.15) is 31.8 Å². The van der Waals surface area contributed by atoms with E-state index in [-0.39, 0.29) is 29.0 Å². The van der Waals surface area contributed by atoms with Crippen LogP contribution in [-0.4, -0.2) is 35.7 Å². The Morgan fingerprint density at radius 3 is 2.16 bits per heavy atom. The highest BCUT2D eigenvalue weighted by Crippen LogP contribution is 2.42. The van der Waals surface area contributed by atoms with Crippen molar-refractivity contribution in [3.8, 4) is 5.75 Å². The Morgan fingerprint density at radius 2 is 1.56 bits per heavy atom. The van der Waals surface area contributed by atoms with Gasteiger partial charge in [0, 0.05) is 5.39 Å². The summed E-state index contributed by atoms with van der Waals surface area (Å²) in [5, 5.41) is 9.70. The maximum atomic E-state index is 13.3. The first-order valence-electron chi connectivity index (χ1n) is 9.53. The minimum atomic E-state index is -4.63. The largest absolute Gasteiger partial charge is 0.483 e. The van der Waals surface area contributed by atoms with Gasteiger partial charge in [0.25, 0.3) is 11.8 Å². The van der Waals surface area contributed by atoms with Crippen LogP contribution in [0.15, 0.2) is 48.5 Å². The summed E-state index contributed by atoms with van der Waals surface area (Å²) in [7, 11) is 0. The average molecular weight is 443 g/mol. The van der Waals surface area contributed by atoms with Gasteiger partial charge in [-0.3, -0.25) is 14.4 Å². The Balaban J connectivity index is 1.85. The van der Waals surface area contributed by atoms with Gasteiger partial charge in [0.05, 0.1) is 23.2 Å². The van der Waals surface area contributed by atoms with E-state index in [2.05, 4.69) is 0 Å². The van der Waals surface area contributed by atoms with Crippen molar-refractivity contribution in [3.63, 3.8) is 0 Å². The molecule has 6 nitrogen and oxygen atoms in total. The second-order valence-corrected chi connectivity index (χ2v) is 7.34. The Bertz CT molecular complexity index is 1270. The van der Waals surface area contributed by atoms with E-state index in [0.717, 1.165) is 4.90 Å². The number of halogens is 3. The van der Waals surface area contributed by atoms with E-state index in [1.54, 1.807) is 25.1 Å². The Hall–Kier alpha value is -3.88. The van der Waals surface area contributed by atoms with Crippen molar-refractivity contribution < 1.29 is 37.4 Å². The van der Waals surface area contributed by atoms with Gasteiger partial charge in [-0.05, 0) is 35.6 Å². The number of rotatable bonds is 5. The third-order valence-corrected chi connectivity index (χ3v) is 5.19. The lowest BCUT2D eigenvalue weighted by atomic mass is 9.95. The number of nitrogens with zero attached hydrogens (tertiary/aromatic N) is 1. The first-order valence-corrected chi connectivity index (χ1v) is 9.53. The molecule has 1 aliphatic rings. The molecule has 0 spiro atoms. The maximum absolute atomic E-state index is 13.3. The zero-order chi connectivity index (χ0) is 23.2. The van der Waals surface area contributed by atoms with Crippen molar-refractivity contribution in [2.75, 3.05) is 11.5 Å². The quantitative estimate of drug-likeness (QED) is 0.587. The van der Waals surface area contributed by atoms with E-state index in [4.69, 9.17) is 9.84 Å². The fourth-order valence-electron chi connectivity index (χ4n) is 3.84. The number of carboxylic acid groups (broad SMARTS) is 1. The van der Waals surface area contributed by atoms with Crippen molar-refractivity contribution in [2.24, 2.45) is 0 Å². The van der Waals surface area contributed by atoms with E-state index in [1.807, 2.05) is 0 Å². The normalized spacial score (nSPS) is 13.6. The van der Waals surface area contributed by atoms with E-state index in [1.165, 1.54) is 30.3 Å². The lowest BCUT2D eigenvalue weighted by Crippen LogP contribution is -2.29. The summed E-state index contributed by atoms with van der Waals surface area (Å²) in [5.74, 6) is -2.81. The monoisotopic (exact) mass is 443 g/mol. The van der Waals surface area contributed by atoms with Gasteiger partial charge >= 0.3 is 12.1 Å². The van der Waals surface area contributed by atoms with Crippen LogP contribution < -0.4 is 9.64 Å². The van der Waals surface area contributed by atoms with Crippen LogP contribution in [0, 0.1) is 6.92 Å². The number of ether oxygens (including phenoxy) is 1. The number of carboxylic acids is 1. The van der Waals surface area contributed by atoms with E-state index >= 15 is 0 Å². The molecule has 0 saturated carbocycles. The van der Waals surface area contributed by atoms with Crippen LogP contribution in [0.3, 0.4) is 0 Å². The molecule has 32 heavy (non-hydrogen) atoms. The van der Waals surface area contributed by atoms with Gasteiger partial charge in [-0.1, -0.05) is 36.4 Å². The van der Waals surface area contributed by atoms with Crippen molar-refractivity contribution in [1.29, 1.82) is 0 Å². The zero-order valence-electron chi connectivity index (χ0n) is 16.7. The molecule has 1 N–H and O–H groups in total. The molecule has 0 saturated heterocycles. The van der Waals surface area contributed by atoms with Gasteiger partial charge in [-0.2, -0.15) is 13.2 Å². The Labute approximate surface area is 179 Å². The number of carbonyl (C=O) groups excluding carboxylic acids is 2. The van der Waals surface area contributed by atoms with Gasteiger partial charge in [-0.15, -0.1) is 0 Å². The molecular weight excluding hydrogens is 427 g/mol. The average Bonchev–Trinajstić information content (AvgIpc) is 2.98. The predicted octanol–water partition coefficient (Wildman–Crippen LogP) is 4.52. The molecule has 0 unspecified atom stereocenters. The topological polar surface area (TPSA) is 83.9 Å². The zero-order valence-corrected chi connectivity index (χ0v) is 16.7. The van der Waals surface area contributed by atoms with E-state index in [0.29, 0.717) is 21.9 Å². The summed E-state index contributed by atoms with van der Waals surface area (Å²) in [4.78, 5) is 38.2. The summed E-state index contributed by atoms with van der Waals surface area (Å²) in [6, 6.07) is 12.2. The highest BCUT2D eigenvalue weighted by molar-refractivity contribution is 6.37. The Morgan fingerprint density at radius 1 is 0.969 bits per heavy atom. The number of aliphatic carboxylic acids is 1. The van der Waals surface area contributed by atoms with Crippen LogP contribution in [-0.2, 0) is 11.2 Å². The van der Waals surface area contributed by atoms with Crippen LogP contribution in [0.25, 0.3) is 10.8 Å². The number of imide groups is 1. The number of alkyl halides is 3. The molecule has 0 fully saturated rings. The Kier molecular flexibility index (Phi) is 5.12. The fraction of sp³-hybridized carbons (Fsp3) is 0.174. The highest BCUT2D eigenvalue weighted by Gasteiger charge is 2.42. The lowest BCUT2D eigenvalue weighted by molar-refractivity contribution is -0.153. The molecule has 2 amide bonds. The molecule has 3 aromatic rings. The molecule has 164 valence electrons. The number of hydrogen-bond donors (Lipinski definition) is 1. The molecule has 0 aromatic heterocycles. The third-order valence-electron chi connectivity index (χ3n) is 5.19. The summed E-state index contributed by atoms with van der Waals surface area (Å²) < 4.78 is 43.7. The predicted molar refractivity (Wildman–Crippen MR) is 109 cm³/mol. The van der Waals surface area contributed by atoms with Crippen molar-refractivity contribution in [2.45, 2.75) is 19.5 Å². The van der Waals surface area contributed by atoms with Gasteiger partial charge in [-0.25, -0.2) is 4.90 Å². The first-order chi connectivity index (χ1) is 15.1.